The maximum Gasteiger partial charge on any atom is 0.133 e. The zero-order valence-corrected chi connectivity index (χ0v) is 13.7. The number of hydrogen-bond acceptors (Lipinski definition) is 4. The van der Waals surface area contributed by atoms with Crippen LogP contribution in [0.15, 0.2) is 28.6 Å². The Bertz CT molecular complexity index is 688. The minimum atomic E-state index is -0.385. The Hall–Kier alpha value is -1.41. The summed E-state index contributed by atoms with van der Waals surface area (Å²) < 4.78 is 0. The zero-order valence-electron chi connectivity index (χ0n) is 11.4. The quantitative estimate of drug-likeness (QED) is 0.743. The molecule has 0 spiro atoms. The number of aliphatic imine (C=N–C) groups is 1. The Morgan fingerprint density at radius 2 is 2.29 bits per heavy atom. The zero-order chi connectivity index (χ0) is 15.2. The first-order valence-corrected chi connectivity index (χ1v) is 7.99. The van der Waals surface area contributed by atoms with Gasteiger partial charge in [0, 0.05) is 33.9 Å². The van der Waals surface area contributed by atoms with Gasteiger partial charge in [-0.05, 0) is 31.0 Å². The van der Waals surface area contributed by atoms with Crippen LogP contribution >= 0.6 is 34.5 Å². The number of thiazole rings is 1. The van der Waals surface area contributed by atoms with Crippen LogP contribution in [-0.2, 0) is 6.42 Å². The van der Waals surface area contributed by atoms with Crippen molar-refractivity contribution in [1.29, 1.82) is 5.26 Å². The van der Waals surface area contributed by atoms with Crippen molar-refractivity contribution in [2.45, 2.75) is 19.3 Å². The predicted molar refractivity (Wildman–Crippen MR) is 88.7 cm³/mol. The Kier molecular flexibility index (Phi) is 5.75. The predicted octanol–water partition coefficient (Wildman–Crippen LogP) is 4.68. The normalized spacial score (nSPS) is 12.5. The molecule has 1 heterocycles. The van der Waals surface area contributed by atoms with E-state index in [1.54, 1.807) is 12.3 Å². The van der Waals surface area contributed by atoms with Gasteiger partial charge in [-0.1, -0.05) is 29.3 Å². The van der Waals surface area contributed by atoms with Gasteiger partial charge in [-0.15, -0.1) is 11.3 Å². The van der Waals surface area contributed by atoms with Gasteiger partial charge in [0.1, 0.15) is 10.9 Å². The van der Waals surface area contributed by atoms with E-state index in [-0.39, 0.29) is 5.92 Å². The molecule has 2 aromatic rings. The van der Waals surface area contributed by atoms with Gasteiger partial charge in [-0.3, -0.25) is 4.99 Å². The Balaban J connectivity index is 1.94. The van der Waals surface area contributed by atoms with Crippen molar-refractivity contribution in [2.75, 3.05) is 6.54 Å². The van der Waals surface area contributed by atoms with Crippen LogP contribution in [0, 0.1) is 18.3 Å². The van der Waals surface area contributed by atoms with E-state index < -0.39 is 0 Å². The van der Waals surface area contributed by atoms with Gasteiger partial charge in [0.2, 0.25) is 0 Å². The molecule has 6 heteroatoms. The highest BCUT2D eigenvalue weighted by Crippen LogP contribution is 2.21. The largest absolute Gasteiger partial charge is 0.295 e. The maximum atomic E-state index is 9.17. The molecule has 0 amide bonds. The van der Waals surface area contributed by atoms with Crippen LogP contribution in [0.5, 0.6) is 0 Å². The average Bonchev–Trinajstić information content (AvgIpc) is 2.87. The van der Waals surface area contributed by atoms with E-state index in [1.165, 1.54) is 11.3 Å². The molecule has 1 atom stereocenters. The number of hydrogen-bond donors (Lipinski definition) is 0. The lowest BCUT2D eigenvalue weighted by Crippen LogP contribution is -1.99. The number of nitriles is 1. The molecular formula is C15H13Cl2N3S. The molecule has 0 aliphatic heterocycles. The molecule has 108 valence electrons. The summed E-state index contributed by atoms with van der Waals surface area (Å²) in [6, 6.07) is 7.63. The number of halogens is 2. The van der Waals surface area contributed by atoms with Crippen molar-refractivity contribution in [3.63, 3.8) is 0 Å². The van der Waals surface area contributed by atoms with Gasteiger partial charge in [-0.25, -0.2) is 4.98 Å². The van der Waals surface area contributed by atoms with Crippen molar-refractivity contribution in [3.05, 3.63) is 49.9 Å². The highest BCUT2D eigenvalue weighted by atomic mass is 35.5. The second-order valence-corrected chi connectivity index (χ2v) is 6.21. The van der Waals surface area contributed by atoms with Crippen molar-refractivity contribution in [2.24, 2.45) is 4.99 Å². The summed E-state index contributed by atoms with van der Waals surface area (Å²) in [6.07, 6.45) is 2.36. The van der Waals surface area contributed by atoms with Crippen LogP contribution in [0.2, 0.25) is 10.0 Å². The minimum absolute atomic E-state index is 0.385. The monoisotopic (exact) mass is 337 g/mol. The van der Waals surface area contributed by atoms with Gasteiger partial charge in [0.25, 0.3) is 0 Å². The van der Waals surface area contributed by atoms with Crippen LogP contribution in [-0.4, -0.2) is 17.7 Å². The van der Waals surface area contributed by atoms with Crippen LogP contribution in [0.25, 0.3) is 0 Å². The van der Waals surface area contributed by atoms with Crippen LogP contribution < -0.4 is 0 Å². The average molecular weight is 338 g/mol. The van der Waals surface area contributed by atoms with Crippen molar-refractivity contribution in [1.82, 2.24) is 4.98 Å². The highest BCUT2D eigenvalue weighted by molar-refractivity contribution is 7.09. The van der Waals surface area contributed by atoms with Crippen molar-refractivity contribution in [3.8, 4) is 6.07 Å². The molecule has 1 aromatic carbocycles. The second kappa shape index (κ2) is 7.56. The van der Waals surface area contributed by atoms with E-state index in [1.807, 2.05) is 24.4 Å². The molecule has 0 bridgehead atoms. The lowest BCUT2D eigenvalue weighted by Gasteiger charge is -2.03. The summed E-state index contributed by atoms with van der Waals surface area (Å²) in [5, 5.41) is 13.1. The SMILES string of the molecule is Cc1csc([C@@H](C#N)C=NCCc2ccc(Cl)cc2Cl)n1. The molecule has 0 aliphatic carbocycles. The Morgan fingerprint density at radius 3 is 2.90 bits per heavy atom. The van der Waals surface area contributed by atoms with Crippen molar-refractivity contribution < 1.29 is 0 Å². The standard InChI is InChI=1S/C15H13Cl2N3S/c1-10-9-21-15(20-10)12(7-18)8-19-5-4-11-2-3-13(16)6-14(11)17/h2-3,6,8-9,12H,4-5H2,1H3/t12-/m0/s1. The fourth-order valence-corrected chi connectivity index (χ4v) is 3.06. The van der Waals surface area contributed by atoms with Gasteiger partial charge in [0.15, 0.2) is 0 Å². The fourth-order valence-electron chi connectivity index (χ4n) is 1.76. The van der Waals surface area contributed by atoms with Gasteiger partial charge in [0.05, 0.1) is 6.07 Å². The molecule has 2 rings (SSSR count). The summed E-state index contributed by atoms with van der Waals surface area (Å²) in [5.41, 5.74) is 1.92. The molecule has 0 N–H and O–H groups in total. The van der Waals surface area contributed by atoms with E-state index in [0.29, 0.717) is 23.0 Å². The molecule has 0 saturated carbocycles. The van der Waals surface area contributed by atoms with E-state index in [0.717, 1.165) is 16.3 Å². The second-order valence-electron chi connectivity index (χ2n) is 4.47. The Labute approximate surface area is 137 Å². The third-order valence-corrected chi connectivity index (χ3v) is 4.45. The molecule has 3 nitrogen and oxygen atoms in total. The van der Waals surface area contributed by atoms with Crippen LogP contribution in [0.4, 0.5) is 0 Å². The molecule has 1 aromatic heterocycles. The molecule has 0 unspecified atom stereocenters. The number of rotatable bonds is 5. The summed E-state index contributed by atoms with van der Waals surface area (Å²) in [6.45, 7) is 2.48. The number of aryl methyl sites for hydroxylation is 1. The van der Waals surface area contributed by atoms with E-state index >= 15 is 0 Å². The topological polar surface area (TPSA) is 49.0 Å². The molecule has 0 aliphatic rings. The van der Waals surface area contributed by atoms with Gasteiger partial charge in [-0.2, -0.15) is 5.26 Å². The summed E-state index contributed by atoms with van der Waals surface area (Å²) in [5.74, 6) is -0.385. The van der Waals surface area contributed by atoms with E-state index in [9.17, 15) is 0 Å². The third kappa shape index (κ3) is 4.53. The third-order valence-electron chi connectivity index (χ3n) is 2.82. The molecule has 0 saturated heterocycles. The van der Waals surface area contributed by atoms with Crippen molar-refractivity contribution >= 4 is 40.8 Å². The fraction of sp³-hybridized carbons (Fsp3) is 0.267. The first-order valence-electron chi connectivity index (χ1n) is 6.35. The summed E-state index contributed by atoms with van der Waals surface area (Å²) in [4.78, 5) is 8.63. The molecule has 0 radical (unpaired) electrons. The first kappa shape index (κ1) is 16.0. The smallest absolute Gasteiger partial charge is 0.133 e. The number of aromatic nitrogens is 1. The molecular weight excluding hydrogens is 325 g/mol. The first-order chi connectivity index (χ1) is 10.1. The summed E-state index contributed by atoms with van der Waals surface area (Å²) >= 11 is 13.4. The molecule has 0 fully saturated rings. The molecule has 21 heavy (non-hydrogen) atoms. The number of benzene rings is 1. The number of nitrogens with zero attached hydrogens (tertiary/aromatic N) is 3. The van der Waals surface area contributed by atoms with Crippen LogP contribution in [0.1, 0.15) is 22.2 Å². The van der Waals surface area contributed by atoms with E-state index in [4.69, 9.17) is 28.5 Å². The highest BCUT2D eigenvalue weighted by Gasteiger charge is 2.11. The van der Waals surface area contributed by atoms with Gasteiger partial charge < -0.3 is 0 Å². The lowest BCUT2D eigenvalue weighted by atomic mass is 10.1. The van der Waals surface area contributed by atoms with Gasteiger partial charge >= 0.3 is 0 Å². The minimum Gasteiger partial charge on any atom is -0.295 e. The Morgan fingerprint density at radius 1 is 1.48 bits per heavy atom. The van der Waals surface area contributed by atoms with Crippen LogP contribution in [0.3, 0.4) is 0 Å². The maximum absolute atomic E-state index is 9.17. The lowest BCUT2D eigenvalue weighted by molar-refractivity contribution is 0.961. The van der Waals surface area contributed by atoms with E-state index in [2.05, 4.69) is 16.0 Å². The summed E-state index contributed by atoms with van der Waals surface area (Å²) in [7, 11) is 0.